The predicted octanol–water partition coefficient (Wildman–Crippen LogP) is 3.52. The summed E-state index contributed by atoms with van der Waals surface area (Å²) in [4.78, 5) is 0.284. The molecule has 1 N–H and O–H groups in total. The number of benzene rings is 1. The number of hydrogen-bond acceptors (Lipinski definition) is 4. The van der Waals surface area contributed by atoms with Crippen LogP contribution in [0.4, 0.5) is 0 Å². The maximum Gasteiger partial charge on any atom is 0.186 e. The molecule has 0 fully saturated rings. The maximum absolute atomic E-state index is 12.4. The van der Waals surface area contributed by atoms with E-state index < -0.39 is 9.84 Å². The lowest BCUT2D eigenvalue weighted by molar-refractivity contribution is 0.456. The molecular formula is C15H18BrNO3S. The van der Waals surface area contributed by atoms with Crippen molar-refractivity contribution < 1.29 is 12.8 Å². The summed E-state index contributed by atoms with van der Waals surface area (Å²) in [6.45, 7) is 3.61. The highest BCUT2D eigenvalue weighted by atomic mass is 79.9. The van der Waals surface area contributed by atoms with Crippen LogP contribution in [0.1, 0.15) is 24.9 Å². The van der Waals surface area contributed by atoms with Crippen LogP contribution in [0.3, 0.4) is 0 Å². The van der Waals surface area contributed by atoms with Crippen molar-refractivity contribution in [3.63, 3.8) is 0 Å². The molecule has 1 aromatic heterocycles. The second kappa shape index (κ2) is 7.24. The molecule has 114 valence electrons. The van der Waals surface area contributed by atoms with Gasteiger partial charge in [0.25, 0.3) is 0 Å². The van der Waals surface area contributed by atoms with Gasteiger partial charge in [-0.3, -0.25) is 0 Å². The van der Waals surface area contributed by atoms with Gasteiger partial charge in [0.1, 0.15) is 17.3 Å². The first kappa shape index (κ1) is 16.3. The van der Waals surface area contributed by atoms with Gasteiger partial charge in [0.2, 0.25) is 0 Å². The van der Waals surface area contributed by atoms with E-state index in [4.69, 9.17) is 4.42 Å². The average Bonchev–Trinajstić information content (AvgIpc) is 2.86. The summed E-state index contributed by atoms with van der Waals surface area (Å²) in [5.41, 5.74) is 0. The molecule has 4 nitrogen and oxygen atoms in total. The first-order valence-corrected chi connectivity index (χ1v) is 9.23. The Morgan fingerprint density at radius 1 is 1.14 bits per heavy atom. The number of halogens is 1. The molecule has 0 bridgehead atoms. The number of nitrogens with one attached hydrogen (secondary N) is 1. The molecule has 0 spiro atoms. The van der Waals surface area contributed by atoms with Crippen molar-refractivity contribution in [3.8, 4) is 0 Å². The van der Waals surface area contributed by atoms with Gasteiger partial charge in [0, 0.05) is 4.47 Å². The zero-order valence-electron chi connectivity index (χ0n) is 11.8. The van der Waals surface area contributed by atoms with Gasteiger partial charge in [-0.25, -0.2) is 8.42 Å². The van der Waals surface area contributed by atoms with Crippen LogP contribution in [0, 0.1) is 0 Å². The van der Waals surface area contributed by atoms with Crippen molar-refractivity contribution in [1.29, 1.82) is 0 Å². The van der Waals surface area contributed by atoms with Gasteiger partial charge < -0.3 is 9.73 Å². The third-order valence-corrected chi connectivity index (χ3v) is 5.59. The molecule has 0 saturated heterocycles. The second-order valence-electron chi connectivity index (χ2n) is 4.73. The average molecular weight is 372 g/mol. The fourth-order valence-corrected chi connectivity index (χ4v) is 4.31. The molecule has 2 aromatic rings. The van der Waals surface area contributed by atoms with Crippen molar-refractivity contribution in [2.24, 2.45) is 0 Å². The Labute approximate surface area is 133 Å². The lowest BCUT2D eigenvalue weighted by atomic mass is 10.4. The molecule has 21 heavy (non-hydrogen) atoms. The van der Waals surface area contributed by atoms with E-state index in [2.05, 4.69) is 28.2 Å². The minimum Gasteiger partial charge on any atom is -0.464 e. The van der Waals surface area contributed by atoms with Crippen molar-refractivity contribution in [2.45, 2.75) is 30.5 Å². The predicted molar refractivity (Wildman–Crippen MR) is 85.7 cm³/mol. The normalized spacial score (nSPS) is 11.7. The Morgan fingerprint density at radius 2 is 1.86 bits per heavy atom. The van der Waals surface area contributed by atoms with E-state index in [1.165, 1.54) is 0 Å². The first-order valence-electron chi connectivity index (χ1n) is 6.78. The van der Waals surface area contributed by atoms with Crippen LogP contribution >= 0.6 is 15.9 Å². The van der Waals surface area contributed by atoms with E-state index in [1.807, 2.05) is 6.07 Å². The molecule has 0 atom stereocenters. The first-order chi connectivity index (χ1) is 10.0. The molecule has 0 aliphatic heterocycles. The topological polar surface area (TPSA) is 59.3 Å². The Morgan fingerprint density at radius 3 is 2.57 bits per heavy atom. The molecule has 1 aromatic carbocycles. The van der Waals surface area contributed by atoms with Crippen molar-refractivity contribution in [1.82, 2.24) is 5.32 Å². The highest BCUT2D eigenvalue weighted by molar-refractivity contribution is 9.10. The Kier molecular flexibility index (Phi) is 5.61. The van der Waals surface area contributed by atoms with E-state index in [0.29, 0.717) is 16.8 Å². The van der Waals surface area contributed by atoms with E-state index >= 15 is 0 Å². The summed E-state index contributed by atoms with van der Waals surface area (Å²) < 4.78 is 30.9. The zero-order chi connectivity index (χ0) is 15.3. The van der Waals surface area contributed by atoms with E-state index in [1.54, 1.807) is 30.3 Å². The summed E-state index contributed by atoms with van der Waals surface area (Å²) in [5, 5.41) is 3.22. The Hall–Kier alpha value is -1.11. The minimum atomic E-state index is -3.42. The third-order valence-electron chi connectivity index (χ3n) is 2.95. The molecule has 1 heterocycles. The minimum absolute atomic E-state index is 0.136. The summed E-state index contributed by atoms with van der Waals surface area (Å²) >= 11 is 3.27. The SMILES string of the molecule is CCCNCc1ccc(CS(=O)(=O)c2ccccc2Br)o1. The molecule has 2 rings (SSSR count). The largest absolute Gasteiger partial charge is 0.464 e. The van der Waals surface area contributed by atoms with Crippen LogP contribution < -0.4 is 5.32 Å². The quantitative estimate of drug-likeness (QED) is 0.756. The maximum atomic E-state index is 12.4. The summed E-state index contributed by atoms with van der Waals surface area (Å²) in [5.74, 6) is 1.07. The standard InChI is InChI=1S/C15H18BrNO3S/c1-2-9-17-10-12-7-8-13(20-12)11-21(18,19)15-6-4-3-5-14(15)16/h3-8,17H,2,9-11H2,1H3. The van der Waals surface area contributed by atoms with Crippen molar-refractivity contribution in [3.05, 3.63) is 52.4 Å². The van der Waals surface area contributed by atoms with Crippen molar-refractivity contribution >= 4 is 25.8 Å². The zero-order valence-corrected chi connectivity index (χ0v) is 14.2. The van der Waals surface area contributed by atoms with Gasteiger partial charge in [0.15, 0.2) is 9.84 Å². The third kappa shape index (κ3) is 4.43. The molecule has 0 amide bonds. The van der Waals surface area contributed by atoms with Crippen LogP contribution in [0.5, 0.6) is 0 Å². The van der Waals surface area contributed by atoms with E-state index in [0.717, 1.165) is 18.7 Å². The molecule has 0 aliphatic rings. The van der Waals surface area contributed by atoms with Gasteiger partial charge in [-0.1, -0.05) is 19.1 Å². The van der Waals surface area contributed by atoms with Gasteiger partial charge >= 0.3 is 0 Å². The number of furan rings is 1. The molecule has 0 aliphatic carbocycles. The van der Waals surface area contributed by atoms with Gasteiger partial charge in [-0.15, -0.1) is 0 Å². The summed E-state index contributed by atoms with van der Waals surface area (Å²) in [6, 6.07) is 10.3. The fourth-order valence-electron chi connectivity index (χ4n) is 1.95. The summed E-state index contributed by atoms with van der Waals surface area (Å²) in [6.07, 6.45) is 1.05. The Bertz CT molecular complexity index is 694. The van der Waals surface area contributed by atoms with Crippen LogP contribution in [0.15, 0.2) is 50.2 Å². The van der Waals surface area contributed by atoms with Gasteiger partial charge in [-0.05, 0) is 53.2 Å². The van der Waals surface area contributed by atoms with Crippen molar-refractivity contribution in [2.75, 3.05) is 6.54 Å². The van der Waals surface area contributed by atoms with Crippen LogP contribution in [-0.4, -0.2) is 15.0 Å². The fraction of sp³-hybridized carbons (Fsp3) is 0.333. The van der Waals surface area contributed by atoms with Crippen LogP contribution in [0.2, 0.25) is 0 Å². The number of rotatable bonds is 7. The van der Waals surface area contributed by atoms with Gasteiger partial charge in [0.05, 0.1) is 11.4 Å². The van der Waals surface area contributed by atoms with E-state index in [9.17, 15) is 8.42 Å². The molecule has 0 radical (unpaired) electrons. The molecule has 0 unspecified atom stereocenters. The van der Waals surface area contributed by atoms with Crippen LogP contribution in [0.25, 0.3) is 0 Å². The lowest BCUT2D eigenvalue weighted by Gasteiger charge is -2.05. The van der Waals surface area contributed by atoms with E-state index in [-0.39, 0.29) is 10.6 Å². The Balaban J connectivity index is 2.09. The van der Waals surface area contributed by atoms with Crippen LogP contribution in [-0.2, 0) is 22.1 Å². The molecular weight excluding hydrogens is 354 g/mol. The molecule has 0 saturated carbocycles. The highest BCUT2D eigenvalue weighted by Crippen LogP contribution is 2.25. The molecule has 6 heteroatoms. The number of hydrogen-bond donors (Lipinski definition) is 1. The highest BCUT2D eigenvalue weighted by Gasteiger charge is 2.20. The second-order valence-corrected chi connectivity index (χ2v) is 7.55. The smallest absolute Gasteiger partial charge is 0.186 e. The number of sulfone groups is 1. The summed E-state index contributed by atoms with van der Waals surface area (Å²) in [7, 11) is -3.42. The monoisotopic (exact) mass is 371 g/mol. The lowest BCUT2D eigenvalue weighted by Crippen LogP contribution is -2.13. The van der Waals surface area contributed by atoms with Gasteiger partial charge in [-0.2, -0.15) is 0 Å².